The minimum Gasteiger partial charge on any atom is -0.744 e. The summed E-state index contributed by atoms with van der Waals surface area (Å²) in [6.07, 6.45) is 1.87. The van der Waals surface area contributed by atoms with Gasteiger partial charge in [-0.1, -0.05) is 77.4 Å². The summed E-state index contributed by atoms with van der Waals surface area (Å²) in [6.45, 7) is 8.71. The SMILES string of the molecule is Cc1ccc(CCOCc2cccc(COCCc3ccc(C)cc3)[n+]2C)cc1.Cc1ccc(S(=O)(=O)[O-])cc1. The van der Waals surface area contributed by atoms with Gasteiger partial charge in [-0.15, -0.1) is 0 Å². The van der Waals surface area contributed by atoms with E-state index in [1.165, 1.54) is 34.4 Å². The lowest BCUT2D eigenvalue weighted by atomic mass is 10.1. The molecule has 4 rings (SSSR count). The first kappa shape index (κ1) is 31.2. The van der Waals surface area contributed by atoms with Crippen LogP contribution in [0.5, 0.6) is 0 Å². The van der Waals surface area contributed by atoms with Gasteiger partial charge in [0.15, 0.2) is 0 Å². The molecule has 1 heterocycles. The van der Waals surface area contributed by atoms with Gasteiger partial charge in [0.2, 0.25) is 11.4 Å². The minimum atomic E-state index is -4.27. The van der Waals surface area contributed by atoms with E-state index in [9.17, 15) is 13.0 Å². The maximum atomic E-state index is 10.4. The van der Waals surface area contributed by atoms with Crippen LogP contribution in [0.2, 0.25) is 0 Å². The van der Waals surface area contributed by atoms with Crippen molar-refractivity contribution in [3.8, 4) is 0 Å². The van der Waals surface area contributed by atoms with Crippen LogP contribution in [0.4, 0.5) is 0 Å². The quantitative estimate of drug-likeness (QED) is 0.136. The zero-order valence-corrected chi connectivity index (χ0v) is 24.6. The summed E-state index contributed by atoms with van der Waals surface area (Å²) in [6, 6.07) is 29.4. The third-order valence-corrected chi connectivity index (χ3v) is 7.41. The lowest BCUT2D eigenvalue weighted by Crippen LogP contribution is -2.39. The number of benzene rings is 3. The highest BCUT2D eigenvalue weighted by molar-refractivity contribution is 7.85. The van der Waals surface area contributed by atoms with Gasteiger partial charge in [-0.2, -0.15) is 4.57 Å². The van der Waals surface area contributed by atoms with Crippen molar-refractivity contribution in [1.82, 2.24) is 0 Å². The Kier molecular flexibility index (Phi) is 12.0. The molecule has 40 heavy (non-hydrogen) atoms. The van der Waals surface area contributed by atoms with E-state index in [0.717, 1.165) is 43.0 Å². The van der Waals surface area contributed by atoms with Crippen molar-refractivity contribution < 1.29 is 27.0 Å². The van der Waals surface area contributed by atoms with E-state index in [1.54, 1.807) is 12.1 Å². The standard InChI is InChI=1S/C26H32NO2.C7H8O3S/c1-21-7-11-23(12-8-21)15-17-28-19-25-5-4-6-26(27(25)3)20-29-18-16-24-13-9-22(2)10-14-24;1-6-2-4-7(5-3-6)11(8,9)10/h4-14H,15-20H2,1-3H3;2-5H,1H3,(H,8,9,10)/q+1;/p-1. The third-order valence-electron chi connectivity index (χ3n) is 6.56. The van der Waals surface area contributed by atoms with Gasteiger partial charge in [-0.3, -0.25) is 0 Å². The second-order valence-electron chi connectivity index (χ2n) is 9.91. The van der Waals surface area contributed by atoms with Crippen molar-refractivity contribution in [2.45, 2.75) is 51.7 Å². The summed E-state index contributed by atoms with van der Waals surface area (Å²) in [5.74, 6) is 0. The highest BCUT2D eigenvalue weighted by Gasteiger charge is 2.12. The van der Waals surface area contributed by atoms with Gasteiger partial charge in [0.1, 0.15) is 30.4 Å². The highest BCUT2D eigenvalue weighted by Crippen LogP contribution is 2.09. The fourth-order valence-corrected chi connectivity index (χ4v) is 4.39. The molecule has 0 saturated heterocycles. The Hall–Kier alpha value is -3.36. The maximum absolute atomic E-state index is 10.4. The van der Waals surface area contributed by atoms with Gasteiger partial charge >= 0.3 is 0 Å². The molecule has 0 aliphatic heterocycles. The van der Waals surface area contributed by atoms with Gasteiger partial charge in [0, 0.05) is 12.1 Å². The van der Waals surface area contributed by atoms with Crippen LogP contribution in [-0.4, -0.2) is 26.2 Å². The van der Waals surface area contributed by atoms with E-state index in [4.69, 9.17) is 9.47 Å². The Morgan fingerprint density at radius 1 is 0.625 bits per heavy atom. The predicted octanol–water partition coefficient (Wildman–Crippen LogP) is 5.55. The van der Waals surface area contributed by atoms with Crippen molar-refractivity contribution in [1.29, 1.82) is 0 Å². The van der Waals surface area contributed by atoms with Crippen molar-refractivity contribution in [2.24, 2.45) is 7.05 Å². The average Bonchev–Trinajstić information content (AvgIpc) is 2.93. The number of rotatable bonds is 11. The molecule has 0 aliphatic rings. The van der Waals surface area contributed by atoms with Crippen LogP contribution in [0.1, 0.15) is 39.2 Å². The molecule has 3 aromatic carbocycles. The van der Waals surface area contributed by atoms with Crippen LogP contribution >= 0.6 is 0 Å². The largest absolute Gasteiger partial charge is 0.744 e. The Labute approximate surface area is 239 Å². The van der Waals surface area contributed by atoms with E-state index >= 15 is 0 Å². The summed E-state index contributed by atoms with van der Waals surface area (Å²) in [5, 5.41) is 0. The molecular formula is C33H39NO5S. The van der Waals surface area contributed by atoms with Crippen molar-refractivity contribution in [3.05, 3.63) is 130 Å². The van der Waals surface area contributed by atoms with E-state index in [2.05, 4.69) is 92.2 Å². The van der Waals surface area contributed by atoms with Crippen LogP contribution < -0.4 is 4.57 Å². The molecule has 0 spiro atoms. The predicted molar refractivity (Wildman–Crippen MR) is 156 cm³/mol. The molecule has 0 amide bonds. The van der Waals surface area contributed by atoms with Crippen LogP contribution in [0.25, 0.3) is 0 Å². The first-order valence-corrected chi connectivity index (χ1v) is 14.8. The van der Waals surface area contributed by atoms with Crippen LogP contribution in [-0.2, 0) is 52.7 Å². The zero-order chi connectivity index (χ0) is 29.0. The molecule has 7 heteroatoms. The lowest BCUT2D eigenvalue weighted by molar-refractivity contribution is -0.690. The van der Waals surface area contributed by atoms with Gasteiger partial charge in [-0.25, -0.2) is 8.42 Å². The maximum Gasteiger partial charge on any atom is 0.207 e. The molecule has 0 atom stereocenters. The Morgan fingerprint density at radius 3 is 1.38 bits per heavy atom. The molecule has 0 unspecified atom stereocenters. The number of hydrogen-bond acceptors (Lipinski definition) is 5. The van der Waals surface area contributed by atoms with Crippen molar-refractivity contribution in [2.75, 3.05) is 13.2 Å². The number of pyridine rings is 1. The number of nitrogens with zero attached hydrogens (tertiary/aromatic N) is 1. The van der Waals surface area contributed by atoms with Crippen LogP contribution in [0.3, 0.4) is 0 Å². The molecule has 0 radical (unpaired) electrons. The van der Waals surface area contributed by atoms with E-state index in [0.29, 0.717) is 13.2 Å². The summed E-state index contributed by atoms with van der Waals surface area (Å²) < 4.78 is 45.2. The smallest absolute Gasteiger partial charge is 0.207 e. The average molecular weight is 562 g/mol. The van der Waals surface area contributed by atoms with E-state index < -0.39 is 10.1 Å². The normalized spacial score (nSPS) is 11.1. The first-order chi connectivity index (χ1) is 19.1. The van der Waals surface area contributed by atoms with E-state index in [-0.39, 0.29) is 4.90 Å². The molecule has 4 aromatic rings. The zero-order valence-electron chi connectivity index (χ0n) is 23.8. The van der Waals surface area contributed by atoms with Gasteiger partial charge in [0.05, 0.1) is 18.1 Å². The summed E-state index contributed by atoms with van der Waals surface area (Å²) in [4.78, 5) is -0.178. The first-order valence-electron chi connectivity index (χ1n) is 13.4. The molecule has 6 nitrogen and oxygen atoms in total. The second kappa shape index (κ2) is 15.4. The lowest BCUT2D eigenvalue weighted by Gasteiger charge is -2.08. The summed E-state index contributed by atoms with van der Waals surface area (Å²) >= 11 is 0. The topological polar surface area (TPSA) is 79.5 Å². The van der Waals surface area contributed by atoms with Gasteiger partial charge < -0.3 is 14.0 Å². The molecule has 0 saturated carbocycles. The highest BCUT2D eigenvalue weighted by atomic mass is 32.2. The summed E-state index contributed by atoms with van der Waals surface area (Å²) in [5.41, 5.74) is 8.46. The molecular weight excluding hydrogens is 522 g/mol. The Bertz CT molecular complexity index is 1360. The molecule has 0 aliphatic carbocycles. The number of aryl methyl sites for hydroxylation is 3. The third kappa shape index (κ3) is 10.7. The molecule has 0 bridgehead atoms. The number of aromatic nitrogens is 1. The number of hydrogen-bond donors (Lipinski definition) is 0. The van der Waals surface area contributed by atoms with Gasteiger partial charge in [0.25, 0.3) is 0 Å². The molecule has 0 fully saturated rings. The van der Waals surface area contributed by atoms with Crippen LogP contribution in [0.15, 0.2) is 95.9 Å². The van der Waals surface area contributed by atoms with Crippen LogP contribution in [0, 0.1) is 20.8 Å². The van der Waals surface area contributed by atoms with Gasteiger partial charge in [-0.05, 0) is 62.9 Å². The molecule has 1 aromatic heterocycles. The minimum absolute atomic E-state index is 0.178. The Balaban J connectivity index is 0.000000336. The fraction of sp³-hybridized carbons (Fsp3) is 0.303. The molecule has 212 valence electrons. The fourth-order valence-electron chi connectivity index (χ4n) is 3.92. The Morgan fingerprint density at radius 2 is 1.00 bits per heavy atom. The monoisotopic (exact) mass is 561 g/mol. The number of ether oxygens (including phenoxy) is 2. The van der Waals surface area contributed by atoms with E-state index in [1.807, 2.05) is 6.92 Å². The molecule has 0 N–H and O–H groups in total. The second-order valence-corrected chi connectivity index (χ2v) is 11.3. The van der Waals surface area contributed by atoms with Crippen molar-refractivity contribution >= 4 is 10.1 Å². The van der Waals surface area contributed by atoms with Crippen molar-refractivity contribution in [3.63, 3.8) is 0 Å². The summed E-state index contributed by atoms with van der Waals surface area (Å²) in [7, 11) is -2.19.